The first kappa shape index (κ1) is 14.7. The van der Waals surface area contributed by atoms with Gasteiger partial charge in [-0.3, -0.25) is 0 Å². The number of hydrogen-bond acceptors (Lipinski definition) is 3. The number of benzene rings is 1. The Morgan fingerprint density at radius 2 is 2.06 bits per heavy atom. The predicted molar refractivity (Wildman–Crippen MR) is 70.8 cm³/mol. The minimum atomic E-state index is -0.891. The van der Waals surface area contributed by atoms with Gasteiger partial charge in [0.15, 0.2) is 6.10 Å². The molecule has 4 nitrogen and oxygen atoms in total. The number of likely N-dealkylation sites (N-methyl/N-ethyl adjacent to an activating group) is 1. The number of aliphatic carboxylic acids is 1. The first-order valence-corrected chi connectivity index (χ1v) is 6.18. The van der Waals surface area contributed by atoms with Crippen LogP contribution >= 0.6 is 0 Å². The van der Waals surface area contributed by atoms with E-state index in [4.69, 9.17) is 9.84 Å². The molecule has 100 valence electrons. The topological polar surface area (TPSA) is 58.6 Å². The van der Waals surface area contributed by atoms with E-state index < -0.39 is 12.1 Å². The molecule has 0 aliphatic heterocycles. The second-order valence-corrected chi connectivity index (χ2v) is 4.33. The van der Waals surface area contributed by atoms with Crippen molar-refractivity contribution in [2.75, 3.05) is 20.2 Å². The summed E-state index contributed by atoms with van der Waals surface area (Å²) >= 11 is 0. The van der Waals surface area contributed by atoms with Gasteiger partial charge < -0.3 is 15.2 Å². The summed E-state index contributed by atoms with van der Waals surface area (Å²) in [6, 6.07) is 8.13. The van der Waals surface area contributed by atoms with Crippen LogP contribution in [0.15, 0.2) is 24.3 Å². The molecular weight excluding hydrogens is 230 g/mol. The minimum absolute atomic E-state index is 0.418. The molecule has 0 amide bonds. The highest BCUT2D eigenvalue weighted by Crippen LogP contribution is 2.09. The third kappa shape index (κ3) is 5.29. The normalized spacial score (nSPS) is 12.3. The van der Waals surface area contributed by atoms with Gasteiger partial charge in [-0.2, -0.15) is 0 Å². The first-order chi connectivity index (χ1) is 8.63. The van der Waals surface area contributed by atoms with Crippen molar-refractivity contribution in [3.63, 3.8) is 0 Å². The van der Waals surface area contributed by atoms with Crippen LogP contribution in [0.5, 0.6) is 0 Å². The Morgan fingerprint density at radius 1 is 1.39 bits per heavy atom. The molecule has 1 atom stereocenters. The van der Waals surface area contributed by atoms with Gasteiger partial charge in [-0.05, 0) is 32.4 Å². The lowest BCUT2D eigenvalue weighted by atomic mass is 10.1. The van der Waals surface area contributed by atoms with Gasteiger partial charge in [0, 0.05) is 6.54 Å². The molecule has 1 unspecified atom stereocenters. The van der Waals surface area contributed by atoms with Crippen molar-refractivity contribution >= 4 is 5.97 Å². The second kappa shape index (κ2) is 7.84. The molecule has 4 heteroatoms. The monoisotopic (exact) mass is 251 g/mol. The van der Waals surface area contributed by atoms with Crippen molar-refractivity contribution in [1.29, 1.82) is 0 Å². The molecule has 1 rings (SSSR count). The van der Waals surface area contributed by atoms with E-state index in [-0.39, 0.29) is 0 Å². The van der Waals surface area contributed by atoms with E-state index in [2.05, 4.69) is 5.32 Å². The standard InChI is InChI=1S/C14H21NO3/c1-11-3-5-12(6-4-11)7-8-13(14(16)17)18-10-9-15-2/h3-6,13,15H,7-10H2,1-2H3,(H,16,17). The van der Waals surface area contributed by atoms with Crippen molar-refractivity contribution in [3.05, 3.63) is 35.4 Å². The summed E-state index contributed by atoms with van der Waals surface area (Å²) < 4.78 is 5.33. The SMILES string of the molecule is CNCCOC(CCc1ccc(C)cc1)C(=O)O. The van der Waals surface area contributed by atoms with E-state index in [0.717, 1.165) is 12.0 Å². The van der Waals surface area contributed by atoms with Crippen molar-refractivity contribution in [1.82, 2.24) is 5.32 Å². The van der Waals surface area contributed by atoms with Gasteiger partial charge in [0.1, 0.15) is 0 Å². The average molecular weight is 251 g/mol. The molecule has 0 spiro atoms. The van der Waals surface area contributed by atoms with E-state index in [0.29, 0.717) is 19.6 Å². The molecule has 1 aromatic rings. The Labute approximate surface area is 108 Å². The highest BCUT2D eigenvalue weighted by atomic mass is 16.5. The summed E-state index contributed by atoms with van der Waals surface area (Å²) in [5.74, 6) is -0.891. The van der Waals surface area contributed by atoms with Crippen LogP contribution in [-0.4, -0.2) is 37.4 Å². The van der Waals surface area contributed by atoms with Gasteiger partial charge in [0.2, 0.25) is 0 Å². The Hall–Kier alpha value is -1.39. The maximum absolute atomic E-state index is 11.0. The van der Waals surface area contributed by atoms with Crippen molar-refractivity contribution < 1.29 is 14.6 Å². The maximum Gasteiger partial charge on any atom is 0.332 e. The van der Waals surface area contributed by atoms with E-state index >= 15 is 0 Å². The molecule has 0 saturated heterocycles. The van der Waals surface area contributed by atoms with Gasteiger partial charge in [-0.25, -0.2) is 4.79 Å². The Kier molecular flexibility index (Phi) is 6.39. The second-order valence-electron chi connectivity index (χ2n) is 4.33. The molecule has 0 fully saturated rings. The van der Waals surface area contributed by atoms with Crippen LogP contribution in [0, 0.1) is 6.92 Å². The summed E-state index contributed by atoms with van der Waals surface area (Å²) in [6.45, 7) is 3.11. The summed E-state index contributed by atoms with van der Waals surface area (Å²) in [5.41, 5.74) is 2.35. The number of carbonyl (C=O) groups is 1. The molecule has 0 aliphatic carbocycles. The zero-order chi connectivity index (χ0) is 13.4. The highest BCUT2D eigenvalue weighted by molar-refractivity contribution is 5.72. The zero-order valence-corrected chi connectivity index (χ0v) is 11.0. The van der Waals surface area contributed by atoms with Crippen molar-refractivity contribution in [3.8, 4) is 0 Å². The summed E-state index contributed by atoms with van der Waals surface area (Å²) in [6.07, 6.45) is 0.499. The number of aryl methyl sites for hydroxylation is 2. The Balaban J connectivity index is 2.41. The van der Waals surface area contributed by atoms with Gasteiger partial charge in [-0.15, -0.1) is 0 Å². The lowest BCUT2D eigenvalue weighted by Gasteiger charge is -2.13. The van der Waals surface area contributed by atoms with Crippen LogP contribution in [0.25, 0.3) is 0 Å². The largest absolute Gasteiger partial charge is 0.479 e. The Bertz CT molecular complexity index is 362. The smallest absolute Gasteiger partial charge is 0.332 e. The number of carboxylic acids is 1. The van der Waals surface area contributed by atoms with E-state index in [9.17, 15) is 4.79 Å². The minimum Gasteiger partial charge on any atom is -0.479 e. The van der Waals surface area contributed by atoms with Crippen molar-refractivity contribution in [2.45, 2.75) is 25.9 Å². The van der Waals surface area contributed by atoms with E-state index in [1.54, 1.807) is 0 Å². The first-order valence-electron chi connectivity index (χ1n) is 6.18. The predicted octanol–water partition coefficient (Wildman–Crippen LogP) is 1.62. The third-order valence-electron chi connectivity index (χ3n) is 2.76. The molecule has 0 heterocycles. The van der Waals surface area contributed by atoms with Gasteiger partial charge in [-0.1, -0.05) is 29.8 Å². The Morgan fingerprint density at radius 3 is 2.61 bits per heavy atom. The van der Waals surface area contributed by atoms with E-state index in [1.165, 1.54) is 5.56 Å². The molecule has 0 aliphatic rings. The number of hydrogen-bond donors (Lipinski definition) is 2. The van der Waals surface area contributed by atoms with Crippen LogP contribution < -0.4 is 5.32 Å². The quantitative estimate of drug-likeness (QED) is 0.689. The van der Waals surface area contributed by atoms with Crippen LogP contribution in [-0.2, 0) is 16.0 Å². The number of rotatable bonds is 8. The van der Waals surface area contributed by atoms with Crippen molar-refractivity contribution in [2.24, 2.45) is 0 Å². The number of carboxylic acid groups (broad SMARTS) is 1. The summed E-state index contributed by atoms with van der Waals surface area (Å²) in [4.78, 5) is 11.0. The van der Waals surface area contributed by atoms with Crippen LogP contribution in [0.4, 0.5) is 0 Å². The third-order valence-corrected chi connectivity index (χ3v) is 2.76. The molecule has 2 N–H and O–H groups in total. The average Bonchev–Trinajstić information content (AvgIpc) is 2.35. The molecule has 1 aromatic carbocycles. The fourth-order valence-electron chi connectivity index (χ4n) is 1.63. The summed E-state index contributed by atoms with van der Waals surface area (Å²) in [5, 5.41) is 12.0. The summed E-state index contributed by atoms with van der Waals surface area (Å²) in [7, 11) is 1.81. The van der Waals surface area contributed by atoms with E-state index in [1.807, 2.05) is 38.2 Å². The molecule has 0 aromatic heterocycles. The fourth-order valence-corrected chi connectivity index (χ4v) is 1.63. The van der Waals surface area contributed by atoms with Crippen LogP contribution in [0.1, 0.15) is 17.5 Å². The maximum atomic E-state index is 11.0. The molecule has 0 saturated carbocycles. The lowest BCUT2D eigenvalue weighted by molar-refractivity contribution is -0.150. The highest BCUT2D eigenvalue weighted by Gasteiger charge is 2.17. The van der Waals surface area contributed by atoms with Gasteiger partial charge >= 0.3 is 5.97 Å². The molecule has 0 bridgehead atoms. The number of nitrogens with one attached hydrogen (secondary N) is 1. The van der Waals surface area contributed by atoms with Crippen LogP contribution in [0.3, 0.4) is 0 Å². The van der Waals surface area contributed by atoms with Gasteiger partial charge in [0.25, 0.3) is 0 Å². The molecule has 0 radical (unpaired) electrons. The van der Waals surface area contributed by atoms with Gasteiger partial charge in [0.05, 0.1) is 6.61 Å². The van der Waals surface area contributed by atoms with Crippen LogP contribution in [0.2, 0.25) is 0 Å². The fraction of sp³-hybridized carbons (Fsp3) is 0.500. The molecule has 18 heavy (non-hydrogen) atoms. The number of ether oxygens (including phenoxy) is 1. The zero-order valence-electron chi connectivity index (χ0n) is 11.0. The molecular formula is C14H21NO3. The lowest BCUT2D eigenvalue weighted by Crippen LogP contribution is -2.28.